The third-order valence-corrected chi connectivity index (χ3v) is 6.58. The lowest BCUT2D eigenvalue weighted by Crippen LogP contribution is -2.45. The van der Waals surface area contributed by atoms with Crippen molar-refractivity contribution in [3.63, 3.8) is 0 Å². The van der Waals surface area contributed by atoms with Crippen molar-refractivity contribution in [2.24, 2.45) is 10.9 Å². The van der Waals surface area contributed by atoms with E-state index in [0.29, 0.717) is 19.6 Å². The molecule has 0 atom stereocenters. The van der Waals surface area contributed by atoms with Crippen LogP contribution in [0.25, 0.3) is 0 Å². The second kappa shape index (κ2) is 11.2. The van der Waals surface area contributed by atoms with Gasteiger partial charge in [0, 0.05) is 45.3 Å². The van der Waals surface area contributed by atoms with Crippen LogP contribution in [-0.4, -0.2) is 70.6 Å². The third-order valence-electron chi connectivity index (χ3n) is 4.97. The van der Waals surface area contributed by atoms with Gasteiger partial charge in [-0.1, -0.05) is 18.2 Å². The molecule has 2 fully saturated rings. The Morgan fingerprint density at radius 3 is 2.61 bits per heavy atom. The van der Waals surface area contributed by atoms with E-state index in [2.05, 4.69) is 26.6 Å². The van der Waals surface area contributed by atoms with Crippen LogP contribution in [0.3, 0.4) is 0 Å². The van der Waals surface area contributed by atoms with Crippen molar-refractivity contribution in [3.8, 4) is 5.75 Å². The van der Waals surface area contributed by atoms with E-state index >= 15 is 0 Å². The van der Waals surface area contributed by atoms with Crippen molar-refractivity contribution in [3.05, 3.63) is 29.8 Å². The topological polar surface area (TPSA) is 83.0 Å². The molecule has 0 bridgehead atoms. The number of nitrogens with one attached hydrogen (secondary N) is 2. The van der Waals surface area contributed by atoms with Crippen LogP contribution in [0.2, 0.25) is 0 Å². The number of sulfone groups is 1. The van der Waals surface area contributed by atoms with Crippen molar-refractivity contribution in [1.82, 2.24) is 15.5 Å². The van der Waals surface area contributed by atoms with Crippen molar-refractivity contribution >= 4 is 39.8 Å². The summed E-state index contributed by atoms with van der Waals surface area (Å²) in [6.07, 6.45) is 2.56. The van der Waals surface area contributed by atoms with Crippen molar-refractivity contribution in [1.29, 1.82) is 0 Å². The number of benzene rings is 1. The van der Waals surface area contributed by atoms with Gasteiger partial charge in [0.2, 0.25) is 0 Å². The predicted octanol–water partition coefficient (Wildman–Crippen LogP) is 1.49. The highest BCUT2D eigenvalue weighted by atomic mass is 127. The fourth-order valence-electron chi connectivity index (χ4n) is 2.99. The molecule has 1 heterocycles. The quantitative estimate of drug-likeness (QED) is 0.306. The van der Waals surface area contributed by atoms with Gasteiger partial charge in [0.25, 0.3) is 0 Å². The van der Waals surface area contributed by atoms with Gasteiger partial charge in [-0.15, -0.1) is 24.0 Å². The highest BCUT2D eigenvalue weighted by Gasteiger charge is 2.22. The second-order valence-electron chi connectivity index (χ2n) is 7.21. The van der Waals surface area contributed by atoms with E-state index in [9.17, 15) is 8.42 Å². The van der Waals surface area contributed by atoms with Gasteiger partial charge in [-0.3, -0.25) is 9.89 Å². The average Bonchev–Trinajstić information content (AvgIpc) is 3.49. The van der Waals surface area contributed by atoms with Crippen LogP contribution < -0.4 is 15.4 Å². The standard InChI is InChI=1S/C19H30N4O3S.HI/c1-20-19(21-8-9-23-10-12-27(24,25)13-11-23)22-14-17-4-2-3-5-18(17)26-15-16-6-7-16;/h2-5,16H,6-15H2,1H3,(H2,20,21,22);1H. The minimum Gasteiger partial charge on any atom is -0.493 e. The first-order valence-electron chi connectivity index (χ1n) is 9.64. The SMILES string of the molecule is CN=C(NCCN1CCS(=O)(=O)CC1)NCc1ccccc1OCC1CC1.I. The molecule has 7 nitrogen and oxygen atoms in total. The first-order chi connectivity index (χ1) is 13.1. The molecule has 0 spiro atoms. The van der Waals surface area contributed by atoms with Gasteiger partial charge >= 0.3 is 0 Å². The van der Waals surface area contributed by atoms with E-state index in [4.69, 9.17) is 4.74 Å². The Balaban J connectivity index is 0.00000280. The lowest BCUT2D eigenvalue weighted by atomic mass is 10.2. The van der Waals surface area contributed by atoms with E-state index in [1.54, 1.807) is 7.05 Å². The molecule has 0 aromatic heterocycles. The summed E-state index contributed by atoms with van der Waals surface area (Å²) in [4.78, 5) is 6.43. The van der Waals surface area contributed by atoms with Crippen LogP contribution in [0.4, 0.5) is 0 Å². The lowest BCUT2D eigenvalue weighted by molar-refractivity contribution is 0.296. The van der Waals surface area contributed by atoms with Crippen molar-refractivity contribution < 1.29 is 13.2 Å². The highest BCUT2D eigenvalue weighted by molar-refractivity contribution is 14.0. The maximum atomic E-state index is 11.5. The molecule has 0 radical (unpaired) electrons. The molecule has 2 N–H and O–H groups in total. The number of hydrogen-bond donors (Lipinski definition) is 2. The van der Waals surface area contributed by atoms with Crippen LogP contribution in [0.5, 0.6) is 5.75 Å². The largest absolute Gasteiger partial charge is 0.493 e. The van der Waals surface area contributed by atoms with Crippen LogP contribution >= 0.6 is 24.0 Å². The second-order valence-corrected chi connectivity index (χ2v) is 9.51. The molecule has 0 unspecified atom stereocenters. The number of rotatable bonds is 8. The summed E-state index contributed by atoms with van der Waals surface area (Å²) < 4.78 is 28.9. The Hall–Kier alpha value is -1.07. The molecule has 3 rings (SSSR count). The fraction of sp³-hybridized carbons (Fsp3) is 0.632. The average molecular weight is 522 g/mol. The Kier molecular flexibility index (Phi) is 9.29. The Labute approximate surface area is 185 Å². The van der Waals surface area contributed by atoms with Gasteiger partial charge in [0.15, 0.2) is 15.8 Å². The molecule has 1 aliphatic carbocycles. The number of hydrogen-bond acceptors (Lipinski definition) is 5. The minimum atomic E-state index is -2.82. The van der Waals surface area contributed by atoms with Gasteiger partial charge in [0.05, 0.1) is 18.1 Å². The Bertz CT molecular complexity index is 739. The summed E-state index contributed by atoms with van der Waals surface area (Å²) in [6, 6.07) is 8.09. The molecular formula is C19H31IN4O3S. The molecule has 9 heteroatoms. The third kappa shape index (κ3) is 7.75. The molecule has 1 aromatic rings. The Morgan fingerprint density at radius 1 is 1.21 bits per heavy atom. The van der Waals surface area contributed by atoms with E-state index in [1.807, 2.05) is 18.2 Å². The van der Waals surface area contributed by atoms with Crippen LogP contribution in [0, 0.1) is 5.92 Å². The van der Waals surface area contributed by atoms with Crippen molar-refractivity contribution in [2.75, 3.05) is 51.3 Å². The van der Waals surface area contributed by atoms with Gasteiger partial charge < -0.3 is 15.4 Å². The number of para-hydroxylation sites is 1. The van der Waals surface area contributed by atoms with Crippen molar-refractivity contribution in [2.45, 2.75) is 19.4 Å². The number of aliphatic imine (C=N–C) groups is 1. The molecule has 1 saturated carbocycles. The van der Waals surface area contributed by atoms with Gasteiger partial charge in [-0.2, -0.15) is 0 Å². The van der Waals surface area contributed by atoms with Crippen LogP contribution in [0.1, 0.15) is 18.4 Å². The zero-order valence-corrected chi connectivity index (χ0v) is 19.5. The summed E-state index contributed by atoms with van der Waals surface area (Å²) in [5.41, 5.74) is 1.11. The smallest absolute Gasteiger partial charge is 0.191 e. The maximum Gasteiger partial charge on any atom is 0.191 e. The monoisotopic (exact) mass is 522 g/mol. The number of nitrogens with zero attached hydrogens (tertiary/aromatic N) is 2. The molecular weight excluding hydrogens is 491 g/mol. The summed E-state index contributed by atoms with van der Waals surface area (Å²) in [5, 5.41) is 6.62. The molecule has 0 amide bonds. The molecule has 158 valence electrons. The van der Waals surface area contributed by atoms with Gasteiger partial charge in [-0.05, 0) is 24.8 Å². The molecule has 2 aliphatic rings. The zero-order chi connectivity index (χ0) is 19.1. The van der Waals surface area contributed by atoms with Gasteiger partial charge in [-0.25, -0.2) is 8.42 Å². The molecule has 1 aromatic carbocycles. The molecule has 1 saturated heterocycles. The fourth-order valence-corrected chi connectivity index (χ4v) is 4.27. The molecule has 1 aliphatic heterocycles. The normalized spacial score (nSPS) is 19.5. The van der Waals surface area contributed by atoms with E-state index in [1.165, 1.54) is 12.8 Å². The lowest BCUT2D eigenvalue weighted by Gasteiger charge is -2.26. The first kappa shape index (κ1) is 23.2. The zero-order valence-electron chi connectivity index (χ0n) is 16.4. The van der Waals surface area contributed by atoms with Crippen LogP contribution in [-0.2, 0) is 16.4 Å². The summed E-state index contributed by atoms with van der Waals surface area (Å²) in [7, 11) is -1.07. The predicted molar refractivity (Wildman–Crippen MR) is 123 cm³/mol. The Morgan fingerprint density at radius 2 is 1.93 bits per heavy atom. The highest BCUT2D eigenvalue weighted by Crippen LogP contribution is 2.30. The number of guanidine groups is 1. The van der Waals surface area contributed by atoms with E-state index < -0.39 is 9.84 Å². The van der Waals surface area contributed by atoms with E-state index in [-0.39, 0.29) is 35.5 Å². The number of ether oxygens (including phenoxy) is 1. The summed E-state index contributed by atoms with van der Waals surface area (Å²) in [6.45, 7) is 4.19. The summed E-state index contributed by atoms with van der Waals surface area (Å²) in [5.74, 6) is 2.92. The van der Waals surface area contributed by atoms with Gasteiger partial charge in [0.1, 0.15) is 5.75 Å². The molecule has 28 heavy (non-hydrogen) atoms. The maximum absolute atomic E-state index is 11.5. The minimum absolute atomic E-state index is 0. The first-order valence-corrected chi connectivity index (χ1v) is 11.5. The van der Waals surface area contributed by atoms with E-state index in [0.717, 1.165) is 42.9 Å². The van der Waals surface area contributed by atoms with Crippen LogP contribution in [0.15, 0.2) is 29.3 Å². The summed E-state index contributed by atoms with van der Waals surface area (Å²) >= 11 is 0. The number of halogens is 1.